The minimum absolute atomic E-state index is 0.00272. The zero-order valence-electron chi connectivity index (χ0n) is 16.0. The monoisotopic (exact) mass is 390 g/mol. The number of aromatic hydroxyl groups is 2. The minimum Gasteiger partial charge on any atom is -0.508 e. The van der Waals surface area contributed by atoms with Gasteiger partial charge in [0.15, 0.2) is 6.29 Å². The molecule has 28 heavy (non-hydrogen) atoms. The molecule has 4 N–H and O–H groups in total. The fourth-order valence-electron chi connectivity index (χ4n) is 3.65. The van der Waals surface area contributed by atoms with E-state index in [1.165, 1.54) is 6.07 Å². The molecule has 1 saturated heterocycles. The number of ether oxygens (including phenoxy) is 3. The summed E-state index contributed by atoms with van der Waals surface area (Å²) >= 11 is 0. The Morgan fingerprint density at radius 1 is 0.964 bits per heavy atom. The van der Waals surface area contributed by atoms with Crippen LogP contribution in [-0.2, 0) is 22.3 Å². The van der Waals surface area contributed by atoms with Crippen LogP contribution in [0.25, 0.3) is 11.1 Å². The van der Waals surface area contributed by atoms with Gasteiger partial charge in [-0.15, -0.1) is 0 Å². The van der Waals surface area contributed by atoms with Crippen LogP contribution < -0.4 is 4.74 Å². The Hall–Kier alpha value is -2.32. The number of methoxy groups -OCH3 is 1. The first-order valence-corrected chi connectivity index (χ1v) is 9.26. The second-order valence-corrected chi connectivity index (χ2v) is 6.68. The molecule has 0 aromatic heterocycles. The van der Waals surface area contributed by atoms with Crippen LogP contribution in [0.3, 0.4) is 0 Å². The van der Waals surface area contributed by atoms with E-state index in [1.54, 1.807) is 13.2 Å². The summed E-state index contributed by atoms with van der Waals surface area (Å²) in [6.07, 6.45) is -1.18. The second kappa shape index (κ2) is 8.79. The molecule has 2 aromatic rings. The first-order valence-electron chi connectivity index (χ1n) is 9.26. The van der Waals surface area contributed by atoms with E-state index in [0.29, 0.717) is 28.9 Å². The van der Waals surface area contributed by atoms with Crippen molar-refractivity contribution in [3.05, 3.63) is 41.5 Å². The van der Waals surface area contributed by atoms with Crippen LogP contribution in [0.2, 0.25) is 0 Å². The quantitative estimate of drug-likeness (QED) is 0.572. The summed E-state index contributed by atoms with van der Waals surface area (Å²) in [5.41, 5.74) is 2.66. The maximum Gasteiger partial charge on any atom is 0.162 e. The highest BCUT2D eigenvalue weighted by molar-refractivity contribution is 5.77. The fourth-order valence-corrected chi connectivity index (χ4v) is 3.65. The van der Waals surface area contributed by atoms with Gasteiger partial charge in [-0.3, -0.25) is 0 Å². The van der Waals surface area contributed by atoms with Crippen molar-refractivity contribution in [1.29, 1.82) is 0 Å². The Balaban J connectivity index is 2.05. The lowest BCUT2D eigenvalue weighted by atomic mass is 9.90. The lowest BCUT2D eigenvalue weighted by molar-refractivity contribution is -0.0725. The van der Waals surface area contributed by atoms with Crippen molar-refractivity contribution in [2.45, 2.75) is 38.3 Å². The van der Waals surface area contributed by atoms with Gasteiger partial charge in [0.1, 0.15) is 29.5 Å². The van der Waals surface area contributed by atoms with Crippen molar-refractivity contribution in [3.8, 4) is 28.4 Å². The van der Waals surface area contributed by atoms with Crippen LogP contribution in [0.4, 0.5) is 0 Å². The molecule has 2 atom stereocenters. The van der Waals surface area contributed by atoms with Gasteiger partial charge in [0, 0.05) is 18.1 Å². The number of rotatable bonds is 7. The molecule has 0 amide bonds. The number of hydrogen-bond acceptors (Lipinski definition) is 7. The molecule has 152 valence electrons. The summed E-state index contributed by atoms with van der Waals surface area (Å²) < 4.78 is 16.7. The molecule has 7 heteroatoms. The summed E-state index contributed by atoms with van der Waals surface area (Å²) in [4.78, 5) is 0. The smallest absolute Gasteiger partial charge is 0.162 e. The normalized spacial score (nSPS) is 19.9. The van der Waals surface area contributed by atoms with Crippen molar-refractivity contribution < 1.29 is 34.6 Å². The Bertz CT molecular complexity index is 809. The molecule has 2 aromatic carbocycles. The molecule has 0 aliphatic carbocycles. The molecule has 0 spiro atoms. The molecular formula is C21H26O7. The number of phenols is 2. The van der Waals surface area contributed by atoms with Gasteiger partial charge in [0.2, 0.25) is 0 Å². The average molecular weight is 390 g/mol. The van der Waals surface area contributed by atoms with Crippen LogP contribution in [0.1, 0.15) is 18.1 Å². The highest BCUT2D eigenvalue weighted by Crippen LogP contribution is 2.42. The van der Waals surface area contributed by atoms with Crippen molar-refractivity contribution >= 4 is 0 Å². The lowest BCUT2D eigenvalue weighted by Crippen LogP contribution is -2.29. The molecule has 1 aliphatic heterocycles. The van der Waals surface area contributed by atoms with E-state index < -0.39 is 18.5 Å². The van der Waals surface area contributed by atoms with Crippen molar-refractivity contribution in [1.82, 2.24) is 0 Å². The van der Waals surface area contributed by atoms with E-state index >= 15 is 0 Å². The molecular weight excluding hydrogens is 364 g/mol. The van der Waals surface area contributed by atoms with Gasteiger partial charge in [0.25, 0.3) is 0 Å². The van der Waals surface area contributed by atoms with E-state index in [9.17, 15) is 20.4 Å². The molecule has 1 fully saturated rings. The summed E-state index contributed by atoms with van der Waals surface area (Å²) in [5.74, 6) is 0.577. The van der Waals surface area contributed by atoms with Gasteiger partial charge < -0.3 is 34.6 Å². The Morgan fingerprint density at radius 3 is 2.21 bits per heavy atom. The van der Waals surface area contributed by atoms with Crippen LogP contribution in [-0.4, -0.2) is 59.2 Å². The summed E-state index contributed by atoms with van der Waals surface area (Å²) in [5, 5.41) is 39.8. The highest BCUT2D eigenvalue weighted by atomic mass is 16.7. The van der Waals surface area contributed by atoms with Crippen LogP contribution in [0, 0.1) is 0 Å². The Labute approximate surface area is 163 Å². The summed E-state index contributed by atoms with van der Waals surface area (Å²) in [7, 11) is 1.57. The van der Waals surface area contributed by atoms with Crippen molar-refractivity contribution in [3.63, 3.8) is 0 Å². The highest BCUT2D eigenvalue weighted by Gasteiger charge is 2.36. The molecule has 1 heterocycles. The van der Waals surface area contributed by atoms with Gasteiger partial charge in [-0.25, -0.2) is 0 Å². The minimum atomic E-state index is -0.717. The van der Waals surface area contributed by atoms with E-state index in [1.807, 2.05) is 25.1 Å². The predicted molar refractivity (Wildman–Crippen MR) is 103 cm³/mol. The fraction of sp³-hybridized carbons (Fsp3) is 0.429. The molecule has 0 bridgehead atoms. The predicted octanol–water partition coefficient (Wildman–Crippen LogP) is 1.97. The third-order valence-electron chi connectivity index (χ3n) is 5.02. The van der Waals surface area contributed by atoms with E-state index in [4.69, 9.17) is 14.2 Å². The molecule has 0 unspecified atom stereocenters. The van der Waals surface area contributed by atoms with Gasteiger partial charge >= 0.3 is 0 Å². The number of benzene rings is 2. The van der Waals surface area contributed by atoms with Crippen molar-refractivity contribution in [2.24, 2.45) is 0 Å². The van der Waals surface area contributed by atoms with Crippen LogP contribution in [0.5, 0.6) is 17.2 Å². The zero-order chi connectivity index (χ0) is 20.3. The Morgan fingerprint density at radius 2 is 1.64 bits per heavy atom. The third kappa shape index (κ3) is 3.93. The maximum absolute atomic E-state index is 10.6. The van der Waals surface area contributed by atoms with E-state index in [0.717, 1.165) is 5.56 Å². The zero-order valence-corrected chi connectivity index (χ0v) is 16.0. The summed E-state index contributed by atoms with van der Waals surface area (Å²) in [6.45, 7) is 1.38. The average Bonchev–Trinajstić information content (AvgIpc) is 3.10. The first kappa shape index (κ1) is 20.4. The number of hydrogen-bond donors (Lipinski definition) is 4. The molecule has 0 radical (unpaired) electrons. The van der Waals surface area contributed by atoms with E-state index in [-0.39, 0.29) is 31.1 Å². The second-order valence-electron chi connectivity index (χ2n) is 6.68. The van der Waals surface area contributed by atoms with Gasteiger partial charge in [0.05, 0.1) is 20.3 Å². The molecule has 7 nitrogen and oxygen atoms in total. The lowest BCUT2D eigenvalue weighted by Gasteiger charge is -2.20. The number of aliphatic hydroxyl groups is 2. The molecule has 0 saturated carbocycles. The SMILES string of the molecule is CCc1c(O)cc(O)c(-c2cccc(OC)c2)c1CC1O[C@@H](CO)[C@H](CO)O1. The largest absolute Gasteiger partial charge is 0.508 e. The van der Waals surface area contributed by atoms with Crippen molar-refractivity contribution in [2.75, 3.05) is 20.3 Å². The number of phenolic OH excluding ortho intramolecular Hbond substituents is 2. The third-order valence-corrected chi connectivity index (χ3v) is 5.02. The Kier molecular flexibility index (Phi) is 6.41. The first-order chi connectivity index (χ1) is 13.5. The summed E-state index contributed by atoms with van der Waals surface area (Å²) in [6, 6.07) is 8.62. The van der Waals surface area contributed by atoms with Crippen LogP contribution in [0.15, 0.2) is 30.3 Å². The molecule has 3 rings (SSSR count). The van der Waals surface area contributed by atoms with Crippen LogP contribution >= 0.6 is 0 Å². The number of aliphatic hydroxyl groups excluding tert-OH is 2. The van der Waals surface area contributed by atoms with Gasteiger partial charge in [-0.05, 0) is 35.2 Å². The van der Waals surface area contributed by atoms with Gasteiger partial charge in [-0.1, -0.05) is 19.1 Å². The molecule has 1 aliphatic rings. The van der Waals surface area contributed by atoms with E-state index in [2.05, 4.69) is 0 Å². The van der Waals surface area contributed by atoms with Gasteiger partial charge in [-0.2, -0.15) is 0 Å². The topological polar surface area (TPSA) is 109 Å². The maximum atomic E-state index is 10.6. The standard InChI is InChI=1S/C21H26O7/c1-3-14-15(8-20-27-18(10-22)19(11-23)28-20)21(17(25)9-16(14)24)12-5-4-6-13(7-12)26-2/h4-7,9,18-20,22-25H,3,8,10-11H2,1-2H3/t18-,19-/m0/s1.